The number of carbonyl (C=O) groups excluding carboxylic acids is 2. The highest BCUT2D eigenvalue weighted by Gasteiger charge is 2.29. The van der Waals surface area contributed by atoms with E-state index in [0.717, 1.165) is 31.0 Å². The lowest BCUT2D eigenvalue weighted by molar-refractivity contribution is 0.0925. The molecule has 3 N–H and O–H groups in total. The number of likely N-dealkylation sites (tertiary alicyclic amines) is 1. The molecular formula is C18H28N4O3. The van der Waals surface area contributed by atoms with E-state index in [1.165, 1.54) is 25.6 Å². The summed E-state index contributed by atoms with van der Waals surface area (Å²) in [5.41, 5.74) is 0.822. The molecule has 1 saturated carbocycles. The molecule has 0 aromatic carbocycles. The molecule has 2 heterocycles. The number of aryl methyl sites for hydroxylation is 1. The predicted octanol–water partition coefficient (Wildman–Crippen LogP) is 1.49. The Morgan fingerprint density at radius 2 is 2.04 bits per heavy atom. The van der Waals surface area contributed by atoms with Crippen LogP contribution >= 0.6 is 0 Å². The molecule has 0 unspecified atom stereocenters. The fourth-order valence-corrected chi connectivity index (χ4v) is 3.20. The molecule has 0 radical (unpaired) electrons. The first-order valence-electron chi connectivity index (χ1n) is 9.21. The topological polar surface area (TPSA) is 86.6 Å². The van der Waals surface area contributed by atoms with Gasteiger partial charge in [0, 0.05) is 44.3 Å². The van der Waals surface area contributed by atoms with Crippen molar-refractivity contribution in [2.24, 2.45) is 5.92 Å². The van der Waals surface area contributed by atoms with Gasteiger partial charge in [-0.15, -0.1) is 0 Å². The van der Waals surface area contributed by atoms with Crippen molar-refractivity contribution in [1.82, 2.24) is 20.9 Å². The average Bonchev–Trinajstić information content (AvgIpc) is 3.11. The summed E-state index contributed by atoms with van der Waals surface area (Å²) in [4.78, 5) is 26.2. The highest BCUT2D eigenvalue weighted by Crippen LogP contribution is 2.30. The molecule has 25 heavy (non-hydrogen) atoms. The number of rotatable bonds is 8. The number of hydrogen-bond acceptors (Lipinski definition) is 4. The quantitative estimate of drug-likeness (QED) is 0.621. The lowest BCUT2D eigenvalue weighted by atomic mass is 10.2. The van der Waals surface area contributed by atoms with E-state index >= 15 is 0 Å². The standard InChI is InChI=1S/C18H28N4O3/c1-13-6-10-25-16(13)17(23)19-7-2-8-20-18(24)21-15-5-9-22(12-15)11-14-3-4-14/h6,10,14-15H,2-5,7-9,11-12H2,1H3,(H,19,23)(H2,20,21,24)/t15-/m0/s1. The van der Waals surface area contributed by atoms with Gasteiger partial charge in [-0.1, -0.05) is 0 Å². The van der Waals surface area contributed by atoms with Crippen molar-refractivity contribution in [3.63, 3.8) is 0 Å². The third kappa shape index (κ3) is 5.49. The van der Waals surface area contributed by atoms with Crippen LogP contribution in [0.2, 0.25) is 0 Å². The summed E-state index contributed by atoms with van der Waals surface area (Å²) in [7, 11) is 0. The second-order valence-corrected chi connectivity index (χ2v) is 7.13. The summed E-state index contributed by atoms with van der Waals surface area (Å²) in [6, 6.07) is 1.89. The van der Waals surface area contributed by atoms with Crippen LogP contribution in [0.3, 0.4) is 0 Å². The molecule has 3 amide bonds. The van der Waals surface area contributed by atoms with Crippen LogP contribution in [0.25, 0.3) is 0 Å². The van der Waals surface area contributed by atoms with E-state index in [4.69, 9.17) is 4.42 Å². The van der Waals surface area contributed by atoms with E-state index in [0.29, 0.717) is 25.3 Å². The van der Waals surface area contributed by atoms with E-state index < -0.39 is 0 Å². The minimum Gasteiger partial charge on any atom is -0.459 e. The summed E-state index contributed by atoms with van der Waals surface area (Å²) in [6.07, 6.45) is 5.94. The number of furan rings is 1. The molecule has 7 nitrogen and oxygen atoms in total. The maximum absolute atomic E-state index is 11.9. The zero-order valence-electron chi connectivity index (χ0n) is 14.8. The van der Waals surface area contributed by atoms with Crippen LogP contribution in [0, 0.1) is 12.8 Å². The summed E-state index contributed by atoms with van der Waals surface area (Å²) >= 11 is 0. The molecule has 1 aliphatic heterocycles. The van der Waals surface area contributed by atoms with E-state index in [1.54, 1.807) is 6.07 Å². The third-order valence-corrected chi connectivity index (χ3v) is 4.81. The molecule has 2 fully saturated rings. The van der Waals surface area contributed by atoms with Gasteiger partial charge in [-0.2, -0.15) is 0 Å². The summed E-state index contributed by atoms with van der Waals surface area (Å²) < 4.78 is 5.14. The van der Waals surface area contributed by atoms with Gasteiger partial charge in [0.15, 0.2) is 5.76 Å². The normalized spacial score (nSPS) is 20.4. The van der Waals surface area contributed by atoms with Crippen molar-refractivity contribution < 1.29 is 14.0 Å². The van der Waals surface area contributed by atoms with Gasteiger partial charge in [-0.3, -0.25) is 4.79 Å². The van der Waals surface area contributed by atoms with Crippen LogP contribution in [0.5, 0.6) is 0 Å². The van der Waals surface area contributed by atoms with Crippen molar-refractivity contribution in [3.8, 4) is 0 Å². The summed E-state index contributed by atoms with van der Waals surface area (Å²) in [6.45, 7) is 6.09. The number of hydrogen-bond donors (Lipinski definition) is 3. The highest BCUT2D eigenvalue weighted by molar-refractivity contribution is 5.92. The monoisotopic (exact) mass is 348 g/mol. The second-order valence-electron chi connectivity index (χ2n) is 7.13. The molecule has 2 aliphatic rings. The van der Waals surface area contributed by atoms with Crippen molar-refractivity contribution >= 4 is 11.9 Å². The Morgan fingerprint density at radius 3 is 2.76 bits per heavy atom. The molecule has 1 atom stereocenters. The lowest BCUT2D eigenvalue weighted by Gasteiger charge is -2.16. The zero-order chi connectivity index (χ0) is 17.6. The number of urea groups is 1. The fraction of sp³-hybridized carbons (Fsp3) is 0.667. The largest absolute Gasteiger partial charge is 0.459 e. The smallest absolute Gasteiger partial charge is 0.315 e. The van der Waals surface area contributed by atoms with Crippen molar-refractivity contribution in [3.05, 3.63) is 23.7 Å². The summed E-state index contributed by atoms with van der Waals surface area (Å²) in [5.74, 6) is 1.03. The van der Waals surface area contributed by atoms with Gasteiger partial charge in [0.2, 0.25) is 0 Å². The van der Waals surface area contributed by atoms with Gasteiger partial charge in [-0.05, 0) is 44.6 Å². The molecule has 0 bridgehead atoms. The molecule has 138 valence electrons. The molecule has 7 heteroatoms. The fourth-order valence-electron chi connectivity index (χ4n) is 3.20. The Bertz CT molecular complexity index is 597. The number of amides is 3. The van der Waals surface area contributed by atoms with Crippen molar-refractivity contribution in [2.45, 2.75) is 38.6 Å². The first-order chi connectivity index (χ1) is 12.1. The molecule has 1 aliphatic carbocycles. The van der Waals surface area contributed by atoms with E-state index in [-0.39, 0.29) is 18.0 Å². The van der Waals surface area contributed by atoms with Crippen LogP contribution in [0.4, 0.5) is 4.79 Å². The Morgan fingerprint density at radius 1 is 1.24 bits per heavy atom. The minimum atomic E-state index is -0.214. The maximum Gasteiger partial charge on any atom is 0.315 e. The van der Waals surface area contributed by atoms with E-state index in [2.05, 4.69) is 20.9 Å². The highest BCUT2D eigenvalue weighted by atomic mass is 16.3. The Hall–Kier alpha value is -2.02. The van der Waals surface area contributed by atoms with E-state index in [9.17, 15) is 9.59 Å². The van der Waals surface area contributed by atoms with E-state index in [1.807, 2.05) is 6.92 Å². The lowest BCUT2D eigenvalue weighted by Crippen LogP contribution is -2.44. The van der Waals surface area contributed by atoms with Gasteiger partial charge in [0.25, 0.3) is 5.91 Å². The van der Waals surface area contributed by atoms with Crippen LogP contribution in [-0.4, -0.2) is 55.6 Å². The first kappa shape index (κ1) is 17.8. The van der Waals surface area contributed by atoms with Crippen LogP contribution in [0.15, 0.2) is 16.7 Å². The van der Waals surface area contributed by atoms with Gasteiger partial charge in [0.1, 0.15) is 0 Å². The first-order valence-corrected chi connectivity index (χ1v) is 9.21. The zero-order valence-corrected chi connectivity index (χ0v) is 14.8. The molecule has 0 spiro atoms. The minimum absolute atomic E-state index is 0.119. The predicted molar refractivity (Wildman–Crippen MR) is 94.5 cm³/mol. The molecule has 1 saturated heterocycles. The number of nitrogens with one attached hydrogen (secondary N) is 3. The Kier molecular flexibility index (Phi) is 5.96. The molecular weight excluding hydrogens is 320 g/mol. The third-order valence-electron chi connectivity index (χ3n) is 4.81. The van der Waals surface area contributed by atoms with Crippen LogP contribution in [0.1, 0.15) is 41.8 Å². The van der Waals surface area contributed by atoms with Gasteiger partial charge in [0.05, 0.1) is 6.26 Å². The average molecular weight is 348 g/mol. The van der Waals surface area contributed by atoms with Crippen LogP contribution < -0.4 is 16.0 Å². The van der Waals surface area contributed by atoms with Crippen molar-refractivity contribution in [2.75, 3.05) is 32.7 Å². The molecule has 1 aromatic heterocycles. The SMILES string of the molecule is Cc1ccoc1C(=O)NCCCNC(=O)N[C@H]1CCN(CC2CC2)C1. The molecule has 3 rings (SSSR count). The molecule has 1 aromatic rings. The van der Waals surface area contributed by atoms with Gasteiger partial charge < -0.3 is 25.3 Å². The second kappa shape index (κ2) is 8.38. The summed E-state index contributed by atoms with van der Waals surface area (Å²) in [5, 5.41) is 8.68. The van der Waals surface area contributed by atoms with Gasteiger partial charge >= 0.3 is 6.03 Å². The van der Waals surface area contributed by atoms with Gasteiger partial charge in [-0.25, -0.2) is 4.79 Å². The number of nitrogens with zero attached hydrogens (tertiary/aromatic N) is 1. The Balaban J connectivity index is 1.23. The van der Waals surface area contributed by atoms with Crippen molar-refractivity contribution in [1.29, 1.82) is 0 Å². The van der Waals surface area contributed by atoms with Crippen LogP contribution in [-0.2, 0) is 0 Å². The number of carbonyl (C=O) groups is 2. The Labute approximate surface area is 148 Å². The maximum atomic E-state index is 11.9.